The smallest absolute Gasteiger partial charge is 0.467 e. The average Bonchev–Trinajstić information content (AvgIpc) is 2.88. The van der Waals surface area contributed by atoms with E-state index in [4.69, 9.17) is 14.0 Å². The molecular weight excluding hydrogens is 287 g/mol. The lowest BCUT2D eigenvalue weighted by Crippen LogP contribution is -2.41. The molecule has 1 atom stereocenters. The van der Waals surface area contributed by atoms with E-state index in [0.29, 0.717) is 0 Å². The topological polar surface area (TPSA) is 44.8 Å². The highest BCUT2D eigenvalue weighted by Crippen LogP contribution is 2.42. The largest absolute Gasteiger partial charge is 0.469 e. The Morgan fingerprint density at radius 1 is 1.33 bits per heavy atom. The van der Waals surface area contributed by atoms with Gasteiger partial charge in [-0.25, -0.2) is 0 Å². The van der Waals surface area contributed by atoms with Crippen molar-refractivity contribution in [3.63, 3.8) is 0 Å². The molecule has 0 amide bonds. The van der Waals surface area contributed by atoms with E-state index < -0.39 is 18.3 Å². The zero-order valence-corrected chi connectivity index (χ0v) is 14.4. The van der Waals surface area contributed by atoms with Gasteiger partial charge in [-0.3, -0.25) is 4.79 Å². The van der Waals surface area contributed by atoms with Crippen LogP contribution in [-0.2, 0) is 18.8 Å². The molecule has 4 nitrogen and oxygen atoms in total. The van der Waals surface area contributed by atoms with E-state index in [9.17, 15) is 4.79 Å². The number of aryl methyl sites for hydroxylation is 1. The van der Waals surface area contributed by atoms with E-state index in [1.807, 2.05) is 34.6 Å². The molecular formula is C15H23BO4S. The Balaban J connectivity index is 2.27. The quantitative estimate of drug-likeness (QED) is 0.632. The van der Waals surface area contributed by atoms with E-state index in [-0.39, 0.29) is 18.2 Å². The van der Waals surface area contributed by atoms with E-state index in [0.717, 1.165) is 4.88 Å². The first kappa shape index (κ1) is 16.5. The number of carbonyl (C=O) groups excluding carboxylic acids is 1. The second kappa shape index (κ2) is 5.74. The van der Waals surface area contributed by atoms with Gasteiger partial charge in [-0.1, -0.05) is 0 Å². The minimum atomic E-state index is -0.438. The second-order valence-corrected chi connectivity index (χ2v) is 7.48. The van der Waals surface area contributed by atoms with Gasteiger partial charge in [0.05, 0.1) is 24.7 Å². The van der Waals surface area contributed by atoms with Gasteiger partial charge >= 0.3 is 13.1 Å². The molecule has 2 heterocycles. The van der Waals surface area contributed by atoms with Crippen LogP contribution in [0.25, 0.3) is 0 Å². The fourth-order valence-corrected chi connectivity index (χ4v) is 3.31. The van der Waals surface area contributed by atoms with Crippen molar-refractivity contribution in [1.82, 2.24) is 0 Å². The van der Waals surface area contributed by atoms with Crippen LogP contribution >= 0.6 is 11.3 Å². The Labute approximate surface area is 130 Å². The lowest BCUT2D eigenvalue weighted by molar-refractivity contribution is -0.140. The van der Waals surface area contributed by atoms with Gasteiger partial charge in [0.1, 0.15) is 0 Å². The number of hydrogen-bond donors (Lipinski definition) is 0. The first-order chi connectivity index (χ1) is 9.66. The summed E-state index contributed by atoms with van der Waals surface area (Å²) in [6.07, 6.45) is 0.257. The Morgan fingerprint density at radius 2 is 1.90 bits per heavy atom. The number of thiophene rings is 1. The van der Waals surface area contributed by atoms with Crippen molar-refractivity contribution in [3.8, 4) is 0 Å². The van der Waals surface area contributed by atoms with Crippen LogP contribution in [0.4, 0.5) is 0 Å². The van der Waals surface area contributed by atoms with Crippen molar-refractivity contribution in [1.29, 1.82) is 0 Å². The summed E-state index contributed by atoms with van der Waals surface area (Å²) in [5, 5.41) is 2.07. The number of rotatable bonds is 4. The number of carbonyl (C=O) groups is 1. The normalized spacial score (nSPS) is 21.3. The molecule has 0 radical (unpaired) electrons. The van der Waals surface area contributed by atoms with Gasteiger partial charge in [0.2, 0.25) is 0 Å². The number of methoxy groups -OCH3 is 1. The highest BCUT2D eigenvalue weighted by atomic mass is 32.1. The zero-order valence-electron chi connectivity index (χ0n) is 13.6. The summed E-state index contributed by atoms with van der Waals surface area (Å²) < 4.78 is 17.1. The summed E-state index contributed by atoms with van der Waals surface area (Å²) >= 11 is 1.63. The highest BCUT2D eigenvalue weighted by molar-refractivity contribution is 7.10. The lowest BCUT2D eigenvalue weighted by atomic mass is 9.69. The fraction of sp³-hybridized carbons (Fsp3) is 0.667. The van der Waals surface area contributed by atoms with Gasteiger partial charge < -0.3 is 14.0 Å². The molecule has 1 fully saturated rings. The van der Waals surface area contributed by atoms with Gasteiger partial charge in [-0.2, -0.15) is 0 Å². The summed E-state index contributed by atoms with van der Waals surface area (Å²) in [5.41, 5.74) is 0.373. The summed E-state index contributed by atoms with van der Waals surface area (Å²) in [6, 6.07) is 2.09. The van der Waals surface area contributed by atoms with Crippen LogP contribution < -0.4 is 0 Å². The molecule has 1 unspecified atom stereocenters. The van der Waals surface area contributed by atoms with Crippen LogP contribution in [0.3, 0.4) is 0 Å². The Kier molecular flexibility index (Phi) is 4.52. The molecule has 0 saturated carbocycles. The zero-order chi connectivity index (χ0) is 15.8. The van der Waals surface area contributed by atoms with Gasteiger partial charge in [-0.15, -0.1) is 11.3 Å². The predicted octanol–water partition coefficient (Wildman–Crippen LogP) is 3.33. The average molecular weight is 310 g/mol. The van der Waals surface area contributed by atoms with E-state index in [1.165, 1.54) is 12.7 Å². The van der Waals surface area contributed by atoms with Crippen molar-refractivity contribution in [2.75, 3.05) is 7.11 Å². The molecule has 1 aliphatic heterocycles. The number of esters is 1. The van der Waals surface area contributed by atoms with Gasteiger partial charge in [0.25, 0.3) is 0 Å². The molecule has 1 aromatic heterocycles. The molecule has 2 rings (SSSR count). The van der Waals surface area contributed by atoms with Gasteiger partial charge in [-0.05, 0) is 51.6 Å². The third-order valence-corrected chi connectivity index (χ3v) is 5.51. The van der Waals surface area contributed by atoms with Crippen molar-refractivity contribution < 1.29 is 18.8 Å². The Bertz CT molecular complexity index is 507. The van der Waals surface area contributed by atoms with Crippen LogP contribution in [0.2, 0.25) is 0 Å². The van der Waals surface area contributed by atoms with E-state index in [1.54, 1.807) is 11.3 Å². The van der Waals surface area contributed by atoms with Crippen LogP contribution in [0.5, 0.6) is 0 Å². The monoisotopic (exact) mass is 310 g/mol. The molecule has 0 N–H and O–H groups in total. The minimum Gasteiger partial charge on any atom is -0.469 e. The first-order valence-corrected chi connectivity index (χ1v) is 8.02. The lowest BCUT2D eigenvalue weighted by Gasteiger charge is -2.32. The summed E-state index contributed by atoms with van der Waals surface area (Å²) in [5.74, 6) is -0.391. The molecule has 6 heteroatoms. The molecule has 0 aliphatic carbocycles. The maximum Gasteiger partial charge on any atom is 0.467 e. The highest BCUT2D eigenvalue weighted by Gasteiger charge is 2.54. The van der Waals surface area contributed by atoms with E-state index in [2.05, 4.69) is 11.4 Å². The van der Waals surface area contributed by atoms with Crippen molar-refractivity contribution in [3.05, 3.63) is 21.9 Å². The van der Waals surface area contributed by atoms with Gasteiger partial charge in [0.15, 0.2) is 0 Å². The van der Waals surface area contributed by atoms with Crippen LogP contribution in [-0.4, -0.2) is 31.4 Å². The summed E-state index contributed by atoms with van der Waals surface area (Å²) in [7, 11) is 0.968. The van der Waals surface area contributed by atoms with Crippen LogP contribution in [0.15, 0.2) is 11.4 Å². The second-order valence-electron chi connectivity index (χ2n) is 6.54. The maximum atomic E-state index is 11.8. The molecule has 21 heavy (non-hydrogen) atoms. The fourth-order valence-electron chi connectivity index (χ4n) is 2.29. The summed E-state index contributed by atoms with van der Waals surface area (Å²) in [6.45, 7) is 10.1. The number of ether oxygens (including phenoxy) is 1. The molecule has 0 aromatic carbocycles. The van der Waals surface area contributed by atoms with Gasteiger partial charge in [0, 0.05) is 10.7 Å². The van der Waals surface area contributed by atoms with Crippen molar-refractivity contribution in [2.24, 2.45) is 0 Å². The molecule has 116 valence electrons. The molecule has 1 saturated heterocycles. The Hall–Kier alpha value is -0.845. The standard InChI is InChI=1S/C15H23BO4S/c1-10-7-12(21-9-10)11(8-13(17)18-6)16-19-14(2,3)15(4,5)20-16/h7,9,11H,8H2,1-6H3. The minimum absolute atomic E-state index is 0.141. The van der Waals surface area contributed by atoms with Crippen LogP contribution in [0.1, 0.15) is 50.4 Å². The van der Waals surface area contributed by atoms with Crippen molar-refractivity contribution >= 4 is 24.4 Å². The Morgan fingerprint density at radius 3 is 2.33 bits per heavy atom. The SMILES string of the molecule is COC(=O)CC(B1OC(C)(C)C(C)(C)O1)c1cc(C)cs1. The summed E-state index contributed by atoms with van der Waals surface area (Å²) in [4.78, 5) is 12.8. The number of hydrogen-bond acceptors (Lipinski definition) is 5. The third-order valence-electron chi connectivity index (χ3n) is 4.33. The molecule has 0 bridgehead atoms. The van der Waals surface area contributed by atoms with E-state index >= 15 is 0 Å². The molecule has 1 aromatic rings. The van der Waals surface area contributed by atoms with Crippen molar-refractivity contribution in [2.45, 2.75) is 58.1 Å². The van der Waals surface area contributed by atoms with Crippen LogP contribution in [0, 0.1) is 6.92 Å². The first-order valence-electron chi connectivity index (χ1n) is 7.14. The molecule has 0 spiro atoms. The maximum absolute atomic E-state index is 11.8. The predicted molar refractivity (Wildman–Crippen MR) is 84.5 cm³/mol. The third kappa shape index (κ3) is 3.33. The molecule has 1 aliphatic rings.